The van der Waals surface area contributed by atoms with Gasteiger partial charge >= 0.3 is 0 Å². The summed E-state index contributed by atoms with van der Waals surface area (Å²) in [6, 6.07) is 4.25. The Bertz CT molecular complexity index is 559. The van der Waals surface area contributed by atoms with E-state index in [0.717, 1.165) is 30.1 Å². The van der Waals surface area contributed by atoms with Gasteiger partial charge in [-0.25, -0.2) is 12.7 Å². The minimum absolute atomic E-state index is 0.261. The molecular formula is C14H23ClN2O2S2. The van der Waals surface area contributed by atoms with Gasteiger partial charge in [-0.1, -0.05) is 18.5 Å². The Morgan fingerprint density at radius 1 is 1.52 bits per heavy atom. The molecule has 1 aliphatic rings. The first kappa shape index (κ1) is 17.2. The van der Waals surface area contributed by atoms with E-state index in [4.69, 9.17) is 11.6 Å². The highest BCUT2D eigenvalue weighted by Gasteiger charge is 2.28. The zero-order chi connectivity index (χ0) is 15.5. The fourth-order valence-corrected chi connectivity index (χ4v) is 5.01. The van der Waals surface area contributed by atoms with Gasteiger partial charge in [0.05, 0.1) is 10.6 Å². The van der Waals surface area contributed by atoms with E-state index in [1.807, 2.05) is 6.07 Å². The number of rotatable bonds is 6. The van der Waals surface area contributed by atoms with Gasteiger partial charge in [-0.15, -0.1) is 11.3 Å². The number of hydrogen-bond acceptors (Lipinski definition) is 4. The molecule has 0 saturated carbocycles. The monoisotopic (exact) mass is 350 g/mol. The zero-order valence-corrected chi connectivity index (χ0v) is 14.9. The van der Waals surface area contributed by atoms with Crippen molar-refractivity contribution in [2.45, 2.75) is 32.2 Å². The molecule has 2 rings (SSSR count). The predicted octanol–water partition coefficient (Wildman–Crippen LogP) is 3.11. The number of piperidine rings is 1. The van der Waals surface area contributed by atoms with Crippen molar-refractivity contribution in [3.8, 4) is 0 Å². The van der Waals surface area contributed by atoms with Gasteiger partial charge in [-0.2, -0.15) is 0 Å². The number of halogens is 1. The molecule has 1 aromatic heterocycles. The molecule has 1 aliphatic heterocycles. The maximum Gasteiger partial charge on any atom is 0.211 e. The number of thiophene rings is 1. The van der Waals surface area contributed by atoms with Crippen LogP contribution in [0.15, 0.2) is 12.1 Å². The number of sulfonamides is 1. The average molecular weight is 351 g/mol. The molecule has 2 heterocycles. The normalized spacial score (nSPS) is 22.3. The van der Waals surface area contributed by atoms with Crippen molar-refractivity contribution < 1.29 is 8.42 Å². The first-order valence-corrected chi connectivity index (χ1v) is 10.4. The number of nitrogens with zero attached hydrogens (tertiary/aromatic N) is 1. The summed E-state index contributed by atoms with van der Waals surface area (Å²) in [5, 5.41) is 3.50. The molecule has 2 atom stereocenters. The van der Waals surface area contributed by atoms with E-state index in [0.29, 0.717) is 19.0 Å². The summed E-state index contributed by atoms with van der Waals surface area (Å²) in [7, 11) is -3.07. The Kier molecular flexibility index (Phi) is 6.08. The van der Waals surface area contributed by atoms with E-state index in [2.05, 4.69) is 18.3 Å². The van der Waals surface area contributed by atoms with Gasteiger partial charge in [0.2, 0.25) is 10.0 Å². The van der Waals surface area contributed by atoms with Gasteiger partial charge in [-0.05, 0) is 43.9 Å². The summed E-state index contributed by atoms with van der Waals surface area (Å²) in [4.78, 5) is 1.23. The van der Waals surface area contributed by atoms with Crippen LogP contribution in [0.5, 0.6) is 0 Å². The maximum atomic E-state index is 11.7. The SMILES string of the molecule is CCNC(CC1CCCN(S(C)(=O)=O)C1)c1ccc(Cl)s1. The first-order chi connectivity index (χ1) is 9.90. The lowest BCUT2D eigenvalue weighted by molar-refractivity contribution is 0.239. The average Bonchev–Trinajstić information content (AvgIpc) is 2.84. The van der Waals surface area contributed by atoms with Crippen molar-refractivity contribution in [3.63, 3.8) is 0 Å². The van der Waals surface area contributed by atoms with E-state index in [1.54, 1.807) is 15.6 Å². The first-order valence-electron chi connectivity index (χ1n) is 7.34. The van der Waals surface area contributed by atoms with Crippen LogP contribution < -0.4 is 5.32 Å². The Labute approximate surface area is 136 Å². The Morgan fingerprint density at radius 3 is 2.86 bits per heavy atom. The highest BCUT2D eigenvalue weighted by Crippen LogP contribution is 2.33. The van der Waals surface area contributed by atoms with E-state index >= 15 is 0 Å². The summed E-state index contributed by atoms with van der Waals surface area (Å²) >= 11 is 7.64. The smallest absolute Gasteiger partial charge is 0.211 e. The molecule has 0 bridgehead atoms. The molecular weight excluding hydrogens is 328 g/mol. The van der Waals surface area contributed by atoms with Crippen molar-refractivity contribution >= 4 is 33.0 Å². The molecule has 21 heavy (non-hydrogen) atoms. The highest BCUT2D eigenvalue weighted by molar-refractivity contribution is 7.88. The lowest BCUT2D eigenvalue weighted by atomic mass is 9.92. The molecule has 0 aliphatic carbocycles. The maximum absolute atomic E-state index is 11.7. The fourth-order valence-electron chi connectivity index (χ4n) is 2.92. The van der Waals surface area contributed by atoms with Gasteiger partial charge in [0.25, 0.3) is 0 Å². The molecule has 1 N–H and O–H groups in total. The van der Waals surface area contributed by atoms with Crippen molar-refractivity contribution in [2.24, 2.45) is 5.92 Å². The quantitative estimate of drug-likeness (QED) is 0.857. The predicted molar refractivity (Wildman–Crippen MR) is 89.5 cm³/mol. The summed E-state index contributed by atoms with van der Waals surface area (Å²) in [6.07, 6.45) is 4.29. The third kappa shape index (κ3) is 4.93. The lowest BCUT2D eigenvalue weighted by Gasteiger charge is -2.33. The van der Waals surface area contributed by atoms with Crippen LogP contribution >= 0.6 is 22.9 Å². The third-order valence-electron chi connectivity index (χ3n) is 3.91. The lowest BCUT2D eigenvalue weighted by Crippen LogP contribution is -2.40. The molecule has 0 radical (unpaired) electrons. The van der Waals surface area contributed by atoms with E-state index in [9.17, 15) is 8.42 Å². The second kappa shape index (κ2) is 7.42. The van der Waals surface area contributed by atoms with Gasteiger partial charge in [-0.3, -0.25) is 0 Å². The van der Waals surface area contributed by atoms with Crippen molar-refractivity contribution in [3.05, 3.63) is 21.3 Å². The van der Waals surface area contributed by atoms with Gasteiger partial charge < -0.3 is 5.32 Å². The van der Waals surface area contributed by atoms with Crippen LogP contribution in [-0.4, -0.2) is 38.6 Å². The minimum Gasteiger partial charge on any atom is -0.310 e. The van der Waals surface area contributed by atoms with Crippen LogP contribution in [0.2, 0.25) is 4.34 Å². The standard InChI is InChI=1S/C14H23ClN2O2S2/c1-3-16-12(13-6-7-14(15)20-13)9-11-5-4-8-17(10-11)21(2,18)19/h6-7,11-12,16H,3-5,8-10H2,1-2H3. The van der Waals surface area contributed by atoms with E-state index in [1.165, 1.54) is 11.1 Å². The summed E-state index contributed by atoms with van der Waals surface area (Å²) in [5.41, 5.74) is 0. The largest absolute Gasteiger partial charge is 0.310 e. The van der Waals surface area contributed by atoms with Crippen molar-refractivity contribution in [2.75, 3.05) is 25.9 Å². The number of hydrogen-bond donors (Lipinski definition) is 1. The summed E-state index contributed by atoms with van der Waals surface area (Å²) < 4.78 is 25.8. The van der Waals surface area contributed by atoms with Crippen molar-refractivity contribution in [1.29, 1.82) is 0 Å². The summed E-state index contributed by atoms with van der Waals surface area (Å²) in [5.74, 6) is 0.401. The molecule has 7 heteroatoms. The molecule has 2 unspecified atom stereocenters. The summed E-state index contributed by atoms with van der Waals surface area (Å²) in [6.45, 7) is 4.28. The third-order valence-corrected chi connectivity index (χ3v) is 6.52. The van der Waals surface area contributed by atoms with E-state index in [-0.39, 0.29) is 6.04 Å². The van der Waals surface area contributed by atoms with Crippen molar-refractivity contribution in [1.82, 2.24) is 9.62 Å². The van der Waals surface area contributed by atoms with Crippen LogP contribution in [0.1, 0.15) is 37.1 Å². The van der Waals surface area contributed by atoms with Crippen LogP contribution in [0.25, 0.3) is 0 Å². The molecule has 1 saturated heterocycles. The topological polar surface area (TPSA) is 49.4 Å². The Morgan fingerprint density at radius 2 is 2.29 bits per heavy atom. The van der Waals surface area contributed by atoms with Crippen LogP contribution in [0.4, 0.5) is 0 Å². The highest BCUT2D eigenvalue weighted by atomic mass is 35.5. The van der Waals surface area contributed by atoms with Crippen LogP contribution in [0, 0.1) is 5.92 Å². The van der Waals surface area contributed by atoms with Gasteiger partial charge in [0.1, 0.15) is 0 Å². The minimum atomic E-state index is -3.07. The fraction of sp³-hybridized carbons (Fsp3) is 0.714. The van der Waals surface area contributed by atoms with Crippen LogP contribution in [0.3, 0.4) is 0 Å². The zero-order valence-electron chi connectivity index (χ0n) is 12.5. The second-order valence-corrected chi connectivity index (χ2v) is 9.35. The molecule has 0 aromatic carbocycles. The van der Waals surface area contributed by atoms with Gasteiger partial charge in [0, 0.05) is 24.0 Å². The van der Waals surface area contributed by atoms with E-state index < -0.39 is 10.0 Å². The van der Waals surface area contributed by atoms with Gasteiger partial charge in [0.15, 0.2) is 0 Å². The molecule has 1 fully saturated rings. The molecule has 4 nitrogen and oxygen atoms in total. The van der Waals surface area contributed by atoms with Crippen LogP contribution in [-0.2, 0) is 10.0 Å². The molecule has 120 valence electrons. The molecule has 0 spiro atoms. The Hall–Kier alpha value is -0.140. The molecule has 0 amide bonds. The number of nitrogens with one attached hydrogen (secondary N) is 1. The second-order valence-electron chi connectivity index (χ2n) is 5.62. The molecule has 1 aromatic rings. The Balaban J connectivity index is 2.03.